The lowest BCUT2D eigenvalue weighted by molar-refractivity contribution is -0.126. The van der Waals surface area contributed by atoms with Gasteiger partial charge in [-0.25, -0.2) is 4.39 Å². The predicted molar refractivity (Wildman–Crippen MR) is 63.1 cm³/mol. The van der Waals surface area contributed by atoms with Crippen LogP contribution in [0.15, 0.2) is 24.3 Å². The summed E-state index contributed by atoms with van der Waals surface area (Å²) >= 11 is 0. The molecule has 1 aromatic carbocycles. The summed E-state index contributed by atoms with van der Waals surface area (Å²) in [6.07, 6.45) is 2.31. The number of benzene rings is 1. The molecule has 4 heteroatoms. The minimum absolute atomic E-state index is 0.123. The summed E-state index contributed by atoms with van der Waals surface area (Å²) in [6.45, 7) is 0. The van der Waals surface area contributed by atoms with E-state index >= 15 is 0 Å². The lowest BCUT2D eigenvalue weighted by Gasteiger charge is -2.29. The van der Waals surface area contributed by atoms with E-state index in [2.05, 4.69) is 5.32 Å². The van der Waals surface area contributed by atoms with Crippen molar-refractivity contribution < 1.29 is 14.0 Å². The molecule has 94 valence electrons. The number of hydrogen-bond acceptors (Lipinski definition) is 2. The molecule has 1 N–H and O–H groups in total. The van der Waals surface area contributed by atoms with E-state index in [1.165, 1.54) is 12.1 Å². The van der Waals surface area contributed by atoms with Gasteiger partial charge in [0, 0.05) is 0 Å². The van der Waals surface area contributed by atoms with Gasteiger partial charge in [0.25, 0.3) is 0 Å². The smallest absolute Gasteiger partial charge is 0.230 e. The molecule has 1 saturated carbocycles. The fourth-order valence-corrected chi connectivity index (χ4v) is 3.12. The molecule has 2 fully saturated rings. The summed E-state index contributed by atoms with van der Waals surface area (Å²) in [5, 5.41) is 2.40. The van der Waals surface area contributed by atoms with Crippen molar-refractivity contribution in [1.29, 1.82) is 0 Å². The highest BCUT2D eigenvalue weighted by atomic mass is 19.1. The average molecular weight is 247 g/mol. The largest absolute Gasteiger partial charge is 0.296 e. The van der Waals surface area contributed by atoms with Crippen molar-refractivity contribution in [3.05, 3.63) is 35.6 Å². The Morgan fingerprint density at radius 1 is 1.00 bits per heavy atom. The first kappa shape index (κ1) is 11.4. The molecule has 3 rings (SSSR count). The normalized spacial score (nSPS) is 31.1. The quantitative estimate of drug-likeness (QED) is 0.771. The SMILES string of the molecule is O=C1NC(=O)C2CC(c3ccc(F)cc3)CCC12. The fourth-order valence-electron chi connectivity index (χ4n) is 3.12. The summed E-state index contributed by atoms with van der Waals surface area (Å²) in [6, 6.07) is 6.44. The van der Waals surface area contributed by atoms with Crippen molar-refractivity contribution in [3.63, 3.8) is 0 Å². The first-order valence-electron chi connectivity index (χ1n) is 6.25. The second kappa shape index (κ2) is 4.19. The molecule has 3 atom stereocenters. The standard InChI is InChI=1S/C14H14FNO2/c15-10-4-1-8(2-5-10)9-3-6-11-12(7-9)14(18)16-13(11)17/h1-2,4-5,9,11-12H,3,6-7H2,(H,16,17,18). The van der Waals surface area contributed by atoms with Crippen molar-refractivity contribution in [2.75, 3.05) is 0 Å². The Hall–Kier alpha value is -1.71. The van der Waals surface area contributed by atoms with E-state index < -0.39 is 0 Å². The van der Waals surface area contributed by atoms with Gasteiger partial charge in [-0.2, -0.15) is 0 Å². The van der Waals surface area contributed by atoms with Crippen LogP contribution in [0.4, 0.5) is 4.39 Å². The van der Waals surface area contributed by atoms with Gasteiger partial charge in [-0.15, -0.1) is 0 Å². The number of hydrogen-bond donors (Lipinski definition) is 1. The molecule has 0 spiro atoms. The Balaban J connectivity index is 1.79. The fraction of sp³-hybridized carbons (Fsp3) is 0.429. The molecule has 1 aliphatic heterocycles. The van der Waals surface area contributed by atoms with Gasteiger partial charge >= 0.3 is 0 Å². The van der Waals surface area contributed by atoms with E-state index in [9.17, 15) is 14.0 Å². The molecule has 1 saturated heterocycles. The maximum atomic E-state index is 12.9. The summed E-state index contributed by atoms with van der Waals surface area (Å²) in [4.78, 5) is 23.2. The zero-order valence-corrected chi connectivity index (χ0v) is 9.86. The van der Waals surface area contributed by atoms with Gasteiger partial charge in [0.05, 0.1) is 11.8 Å². The summed E-state index contributed by atoms with van der Waals surface area (Å²) in [5.74, 6) is -0.598. The Morgan fingerprint density at radius 2 is 1.67 bits per heavy atom. The van der Waals surface area contributed by atoms with Crippen LogP contribution in [0.2, 0.25) is 0 Å². The van der Waals surface area contributed by atoms with Crippen molar-refractivity contribution in [2.45, 2.75) is 25.2 Å². The third-order valence-electron chi connectivity index (χ3n) is 4.11. The number of imide groups is 1. The van der Waals surface area contributed by atoms with E-state index in [4.69, 9.17) is 0 Å². The Kier molecular flexibility index (Phi) is 2.65. The molecule has 2 amide bonds. The van der Waals surface area contributed by atoms with E-state index in [-0.39, 0.29) is 35.4 Å². The van der Waals surface area contributed by atoms with Crippen LogP contribution in [0.1, 0.15) is 30.7 Å². The first-order valence-corrected chi connectivity index (χ1v) is 6.25. The second-order valence-corrected chi connectivity index (χ2v) is 5.13. The van der Waals surface area contributed by atoms with Crippen LogP contribution in [-0.4, -0.2) is 11.8 Å². The maximum Gasteiger partial charge on any atom is 0.230 e. The molecule has 18 heavy (non-hydrogen) atoms. The molecule has 2 aliphatic rings. The highest BCUT2D eigenvalue weighted by Crippen LogP contribution is 2.41. The Labute approximate surface area is 104 Å². The summed E-state index contributed by atoms with van der Waals surface area (Å²) in [7, 11) is 0. The topological polar surface area (TPSA) is 46.2 Å². The number of carbonyl (C=O) groups excluding carboxylic acids is 2. The lowest BCUT2D eigenvalue weighted by Crippen LogP contribution is -2.26. The number of nitrogens with one attached hydrogen (secondary N) is 1. The van der Waals surface area contributed by atoms with Crippen molar-refractivity contribution in [3.8, 4) is 0 Å². The van der Waals surface area contributed by atoms with Gasteiger partial charge in [-0.1, -0.05) is 12.1 Å². The third kappa shape index (κ3) is 1.82. The first-order chi connectivity index (χ1) is 8.65. The molecule has 0 aromatic heterocycles. The maximum absolute atomic E-state index is 12.9. The van der Waals surface area contributed by atoms with Crippen LogP contribution in [0.3, 0.4) is 0 Å². The molecule has 3 nitrogen and oxygen atoms in total. The molecule has 1 aromatic rings. The van der Waals surface area contributed by atoms with E-state index in [0.717, 1.165) is 18.4 Å². The number of fused-ring (bicyclic) bond motifs is 1. The van der Waals surface area contributed by atoms with Crippen molar-refractivity contribution >= 4 is 11.8 Å². The van der Waals surface area contributed by atoms with Gasteiger partial charge in [0.2, 0.25) is 11.8 Å². The minimum atomic E-state index is -0.249. The van der Waals surface area contributed by atoms with Crippen molar-refractivity contribution in [1.82, 2.24) is 5.32 Å². The Morgan fingerprint density at radius 3 is 2.39 bits per heavy atom. The monoisotopic (exact) mass is 247 g/mol. The van der Waals surface area contributed by atoms with Gasteiger partial charge in [-0.3, -0.25) is 14.9 Å². The summed E-state index contributed by atoms with van der Waals surface area (Å²) in [5.41, 5.74) is 1.06. The molecular formula is C14H14FNO2. The van der Waals surface area contributed by atoms with Crippen LogP contribution in [0, 0.1) is 17.7 Å². The van der Waals surface area contributed by atoms with Crippen LogP contribution in [0.5, 0.6) is 0 Å². The van der Waals surface area contributed by atoms with E-state index in [1.807, 2.05) is 0 Å². The summed E-state index contributed by atoms with van der Waals surface area (Å²) < 4.78 is 12.9. The van der Waals surface area contributed by atoms with Crippen LogP contribution in [0.25, 0.3) is 0 Å². The molecular weight excluding hydrogens is 233 g/mol. The number of halogens is 1. The van der Waals surface area contributed by atoms with Crippen molar-refractivity contribution in [2.24, 2.45) is 11.8 Å². The van der Waals surface area contributed by atoms with Crippen LogP contribution >= 0.6 is 0 Å². The number of rotatable bonds is 1. The number of amides is 2. The molecule has 0 radical (unpaired) electrons. The zero-order chi connectivity index (χ0) is 12.7. The van der Waals surface area contributed by atoms with Gasteiger partial charge in [0.15, 0.2) is 0 Å². The Bertz CT molecular complexity index is 497. The number of carbonyl (C=O) groups is 2. The third-order valence-corrected chi connectivity index (χ3v) is 4.11. The van der Waals surface area contributed by atoms with Gasteiger partial charge < -0.3 is 0 Å². The highest BCUT2D eigenvalue weighted by Gasteiger charge is 2.45. The molecule has 1 aliphatic carbocycles. The highest BCUT2D eigenvalue weighted by molar-refractivity contribution is 6.05. The predicted octanol–water partition coefficient (Wildman–Crippen LogP) is 1.98. The molecule has 1 heterocycles. The van der Waals surface area contributed by atoms with E-state index in [0.29, 0.717) is 6.42 Å². The minimum Gasteiger partial charge on any atom is -0.296 e. The molecule has 0 bridgehead atoms. The molecule has 3 unspecified atom stereocenters. The average Bonchev–Trinajstić information content (AvgIpc) is 2.66. The van der Waals surface area contributed by atoms with E-state index in [1.54, 1.807) is 12.1 Å². The lowest BCUT2D eigenvalue weighted by atomic mass is 9.73. The van der Waals surface area contributed by atoms with Crippen LogP contribution in [-0.2, 0) is 9.59 Å². The second-order valence-electron chi connectivity index (χ2n) is 5.13. The van der Waals surface area contributed by atoms with Crippen LogP contribution < -0.4 is 5.32 Å². The van der Waals surface area contributed by atoms with Gasteiger partial charge in [0.1, 0.15) is 5.82 Å². The van der Waals surface area contributed by atoms with Gasteiger partial charge in [-0.05, 0) is 42.9 Å². The zero-order valence-electron chi connectivity index (χ0n) is 9.86.